The van der Waals surface area contributed by atoms with E-state index in [4.69, 9.17) is 5.73 Å². The van der Waals surface area contributed by atoms with Crippen molar-refractivity contribution in [2.24, 2.45) is 17.6 Å². The summed E-state index contributed by atoms with van der Waals surface area (Å²) in [6, 6.07) is 1.83. The average molecular weight is 410 g/mol. The highest BCUT2D eigenvalue weighted by molar-refractivity contribution is 6.11. The molecule has 160 valence electrons. The fourth-order valence-corrected chi connectivity index (χ4v) is 2.97. The molecule has 0 heterocycles. The van der Waals surface area contributed by atoms with Gasteiger partial charge in [-0.3, -0.25) is 25.0 Å². The number of nitro groups is 2. The Bertz CT molecular complexity index is 811. The van der Waals surface area contributed by atoms with Gasteiger partial charge in [0.15, 0.2) is 11.3 Å². The first kappa shape index (κ1) is 24.0. The number of carboxylic acid groups (broad SMARTS) is 1. The molecule has 0 aliphatic carbocycles. The van der Waals surface area contributed by atoms with Crippen LogP contribution >= 0.6 is 0 Å². The van der Waals surface area contributed by atoms with E-state index in [2.05, 4.69) is 5.32 Å². The first-order chi connectivity index (χ1) is 13.4. The second-order valence-electron chi connectivity index (χ2n) is 7.39. The Kier molecular flexibility index (Phi) is 7.78. The van der Waals surface area contributed by atoms with Gasteiger partial charge in [0.05, 0.1) is 22.0 Å². The van der Waals surface area contributed by atoms with E-state index in [1.807, 2.05) is 0 Å². The summed E-state index contributed by atoms with van der Waals surface area (Å²) in [4.78, 5) is 45.7. The van der Waals surface area contributed by atoms with Crippen LogP contribution in [0.15, 0.2) is 18.2 Å². The number of carbonyl (C=O) groups is 2. The lowest BCUT2D eigenvalue weighted by Crippen LogP contribution is -2.63. The summed E-state index contributed by atoms with van der Waals surface area (Å²) in [6.07, 6.45) is 0.496. The first-order valence-electron chi connectivity index (χ1n) is 9.12. The van der Waals surface area contributed by atoms with Gasteiger partial charge in [-0.1, -0.05) is 34.1 Å². The zero-order valence-corrected chi connectivity index (χ0v) is 16.7. The highest BCUT2D eigenvalue weighted by Crippen LogP contribution is 2.32. The predicted molar refractivity (Wildman–Crippen MR) is 106 cm³/mol. The Morgan fingerprint density at radius 1 is 1.21 bits per heavy atom. The van der Waals surface area contributed by atoms with Crippen molar-refractivity contribution in [1.29, 1.82) is 0 Å². The van der Waals surface area contributed by atoms with Crippen LogP contribution in [-0.2, 0) is 9.59 Å². The summed E-state index contributed by atoms with van der Waals surface area (Å²) in [5, 5.41) is 34.6. The Morgan fingerprint density at radius 2 is 1.79 bits per heavy atom. The molecular formula is C18H26N4O7. The van der Waals surface area contributed by atoms with Crippen LogP contribution in [0, 0.1) is 32.1 Å². The van der Waals surface area contributed by atoms with Gasteiger partial charge in [0.25, 0.3) is 11.4 Å². The van der Waals surface area contributed by atoms with Crippen molar-refractivity contribution in [2.75, 3.05) is 5.32 Å². The van der Waals surface area contributed by atoms with Crippen molar-refractivity contribution in [3.05, 3.63) is 38.4 Å². The summed E-state index contributed by atoms with van der Waals surface area (Å²) in [5.74, 6) is -3.04. The van der Waals surface area contributed by atoms with Gasteiger partial charge in [-0.15, -0.1) is 0 Å². The number of aliphatic carboxylic acids is 1. The van der Waals surface area contributed by atoms with E-state index in [-0.39, 0.29) is 18.0 Å². The minimum Gasteiger partial charge on any atom is -0.480 e. The number of rotatable bonds is 11. The quantitative estimate of drug-likeness (QED) is 0.281. The number of carboxylic acids is 1. The lowest BCUT2D eigenvalue weighted by Gasteiger charge is -2.33. The molecule has 3 atom stereocenters. The third-order valence-electron chi connectivity index (χ3n) is 4.89. The van der Waals surface area contributed by atoms with Gasteiger partial charge >= 0.3 is 5.97 Å². The monoisotopic (exact) mass is 410 g/mol. The Morgan fingerprint density at radius 3 is 2.21 bits per heavy atom. The van der Waals surface area contributed by atoms with Crippen LogP contribution in [0.25, 0.3) is 0 Å². The number of benzene rings is 1. The molecule has 0 aromatic heterocycles. The number of non-ortho nitro benzene ring substituents is 1. The number of nitro benzene ring substituents is 2. The summed E-state index contributed by atoms with van der Waals surface area (Å²) in [6.45, 7) is 6.85. The molecule has 1 aromatic carbocycles. The predicted octanol–water partition coefficient (Wildman–Crippen LogP) is 2.73. The molecule has 0 radical (unpaired) electrons. The van der Waals surface area contributed by atoms with Gasteiger partial charge in [-0.05, 0) is 24.3 Å². The topological polar surface area (TPSA) is 179 Å². The summed E-state index contributed by atoms with van der Waals surface area (Å²) in [7, 11) is 0. The van der Waals surface area contributed by atoms with Crippen LogP contribution in [-0.4, -0.2) is 38.3 Å². The van der Waals surface area contributed by atoms with E-state index >= 15 is 0 Å². The highest BCUT2D eigenvalue weighted by atomic mass is 16.6. The maximum absolute atomic E-state index is 13.2. The molecule has 0 bridgehead atoms. The number of Topliss-reactive ketones (excluding diaryl/α,β-unsaturated/α-hetero) is 1. The second-order valence-corrected chi connectivity index (χ2v) is 7.39. The van der Waals surface area contributed by atoms with Gasteiger partial charge < -0.3 is 16.2 Å². The zero-order valence-electron chi connectivity index (χ0n) is 16.7. The van der Waals surface area contributed by atoms with Crippen LogP contribution in [0.1, 0.15) is 40.5 Å². The van der Waals surface area contributed by atoms with Crippen molar-refractivity contribution in [1.82, 2.24) is 0 Å². The van der Waals surface area contributed by atoms with E-state index in [1.165, 1.54) is 0 Å². The molecule has 29 heavy (non-hydrogen) atoms. The molecule has 1 rings (SSSR count). The fraction of sp³-hybridized carbons (Fsp3) is 0.556. The number of carbonyl (C=O) groups excluding carboxylic acids is 1. The molecule has 11 nitrogen and oxygen atoms in total. The fourth-order valence-electron chi connectivity index (χ4n) is 2.97. The Labute approximate surface area is 167 Å². The smallest absolute Gasteiger partial charge is 0.331 e. The summed E-state index contributed by atoms with van der Waals surface area (Å²) in [5.41, 5.74) is 2.63. The minimum atomic E-state index is -2.18. The molecule has 0 aliphatic heterocycles. The van der Waals surface area contributed by atoms with Gasteiger partial charge in [-0.25, -0.2) is 4.79 Å². The normalized spacial score (nSPS) is 15.2. The summed E-state index contributed by atoms with van der Waals surface area (Å²) < 4.78 is 0. The largest absolute Gasteiger partial charge is 0.480 e. The molecule has 11 heteroatoms. The first-order valence-corrected chi connectivity index (χ1v) is 9.12. The number of anilines is 1. The number of nitrogens with two attached hydrogens (primary N) is 1. The van der Waals surface area contributed by atoms with Crippen LogP contribution in [0.4, 0.5) is 17.1 Å². The molecule has 1 aromatic rings. The number of nitrogens with one attached hydrogen (secondary N) is 1. The van der Waals surface area contributed by atoms with Crippen molar-refractivity contribution >= 4 is 28.8 Å². The van der Waals surface area contributed by atoms with Crippen molar-refractivity contribution in [3.8, 4) is 0 Å². The third-order valence-corrected chi connectivity index (χ3v) is 4.89. The number of hydrogen-bond acceptors (Lipinski definition) is 8. The van der Waals surface area contributed by atoms with Gasteiger partial charge in [0.1, 0.15) is 5.69 Å². The Balaban J connectivity index is 3.44. The SMILES string of the molecule is CC[C@H](C)[C@](N)(C(=O)O)C(=O)[C@H](CC(C)C)Nc1ccc([N+](=O)[O-])cc1[N+](=O)[O-]. The van der Waals surface area contributed by atoms with Gasteiger partial charge in [0, 0.05) is 6.07 Å². The van der Waals surface area contributed by atoms with Crippen molar-refractivity contribution < 1.29 is 24.5 Å². The number of ketones is 1. The lowest BCUT2D eigenvalue weighted by atomic mass is 9.76. The maximum atomic E-state index is 13.2. The number of nitrogens with zero attached hydrogens (tertiary/aromatic N) is 2. The third kappa shape index (κ3) is 5.25. The van der Waals surface area contributed by atoms with E-state index in [9.17, 15) is 34.9 Å². The van der Waals surface area contributed by atoms with Crippen LogP contribution in [0.3, 0.4) is 0 Å². The van der Waals surface area contributed by atoms with Crippen molar-refractivity contribution in [3.63, 3.8) is 0 Å². The minimum absolute atomic E-state index is 0.0662. The average Bonchev–Trinajstić information content (AvgIpc) is 2.64. The van der Waals surface area contributed by atoms with Crippen LogP contribution in [0.5, 0.6) is 0 Å². The molecule has 0 saturated carbocycles. The van der Waals surface area contributed by atoms with Gasteiger partial charge in [-0.2, -0.15) is 0 Å². The highest BCUT2D eigenvalue weighted by Gasteiger charge is 2.49. The summed E-state index contributed by atoms with van der Waals surface area (Å²) >= 11 is 0. The van der Waals surface area contributed by atoms with Crippen LogP contribution < -0.4 is 11.1 Å². The van der Waals surface area contributed by atoms with E-state index in [0.29, 0.717) is 6.42 Å². The van der Waals surface area contributed by atoms with Gasteiger partial charge in [0.2, 0.25) is 0 Å². The molecular weight excluding hydrogens is 384 g/mol. The standard InChI is InChI=1S/C18H26N4O7/c1-5-11(4)18(19,17(24)25)16(23)14(8-10(2)3)20-13-7-6-12(21(26)27)9-15(13)22(28)29/h6-7,9-11,14,20H,5,8,19H2,1-4H3,(H,24,25)/t11-,14-,18+/m0/s1. The van der Waals surface area contributed by atoms with E-state index < -0.39 is 50.5 Å². The van der Waals surface area contributed by atoms with Crippen molar-refractivity contribution in [2.45, 2.75) is 52.1 Å². The zero-order chi connectivity index (χ0) is 22.5. The molecule has 0 spiro atoms. The van der Waals surface area contributed by atoms with Crippen LogP contribution in [0.2, 0.25) is 0 Å². The molecule has 0 amide bonds. The number of hydrogen-bond donors (Lipinski definition) is 3. The molecule has 0 aliphatic rings. The molecule has 0 fully saturated rings. The molecule has 0 saturated heterocycles. The molecule has 0 unspecified atom stereocenters. The molecule has 4 N–H and O–H groups in total. The second kappa shape index (κ2) is 9.41. The maximum Gasteiger partial charge on any atom is 0.331 e. The van der Waals surface area contributed by atoms with E-state index in [1.54, 1.807) is 27.7 Å². The van der Waals surface area contributed by atoms with E-state index in [0.717, 1.165) is 18.2 Å². The lowest BCUT2D eigenvalue weighted by molar-refractivity contribution is -0.393. The Hall–Kier alpha value is -3.08.